The molecular formula is C13H14F2NO. The quantitative estimate of drug-likeness (QED) is 0.577. The van der Waals surface area contributed by atoms with Crippen molar-refractivity contribution in [3.8, 4) is 0 Å². The highest BCUT2D eigenvalue weighted by atomic mass is 19.3. The minimum absolute atomic E-state index is 0.0222. The van der Waals surface area contributed by atoms with Gasteiger partial charge in [0.05, 0.1) is 0 Å². The first-order valence-corrected chi connectivity index (χ1v) is 5.75. The Morgan fingerprint density at radius 1 is 1.29 bits per heavy atom. The highest BCUT2D eigenvalue weighted by Gasteiger charge is 2.15. The molecule has 0 amide bonds. The lowest BCUT2D eigenvalue weighted by atomic mass is 10.1. The second-order valence-corrected chi connectivity index (χ2v) is 4.14. The van der Waals surface area contributed by atoms with Gasteiger partial charge in [-0.05, 0) is 31.7 Å². The summed E-state index contributed by atoms with van der Waals surface area (Å²) in [6.45, 7) is 0. The number of benzene rings is 1. The molecule has 1 aliphatic carbocycles. The number of rotatable bonds is 4. The van der Waals surface area contributed by atoms with E-state index in [1.165, 1.54) is 25.0 Å². The van der Waals surface area contributed by atoms with Crippen LogP contribution in [0.25, 0.3) is 0 Å². The minimum atomic E-state index is -2.47. The number of hydrogen-bond donors (Lipinski definition) is 0. The topological polar surface area (TPSA) is 21.6 Å². The van der Waals surface area contributed by atoms with Gasteiger partial charge in [0.2, 0.25) is 0 Å². The van der Waals surface area contributed by atoms with Gasteiger partial charge in [-0.3, -0.25) is 0 Å². The first kappa shape index (κ1) is 12.0. The molecule has 1 aromatic rings. The molecule has 1 radical (unpaired) electrons. The molecule has 2 rings (SSSR count). The van der Waals surface area contributed by atoms with Crippen molar-refractivity contribution in [1.82, 2.24) is 0 Å². The van der Waals surface area contributed by atoms with Crippen LogP contribution in [-0.2, 0) is 4.84 Å². The Hall–Kier alpha value is -1.45. The lowest BCUT2D eigenvalue weighted by molar-refractivity contribution is 0.0657. The maximum absolute atomic E-state index is 12.4. The predicted octanol–water partition coefficient (Wildman–Crippen LogP) is 3.79. The molecule has 0 aliphatic heterocycles. The molecule has 0 heterocycles. The summed E-state index contributed by atoms with van der Waals surface area (Å²) in [7, 11) is 0. The average Bonchev–Trinajstić information content (AvgIpc) is 2.82. The largest absolute Gasteiger partial charge is 0.392 e. The maximum Gasteiger partial charge on any atom is 0.263 e. The molecule has 2 nitrogen and oxygen atoms in total. The third-order valence-electron chi connectivity index (χ3n) is 2.82. The SMILES string of the molecule is FC(F)c1cccc(/[C]=N/OC2CCCC2)c1. The van der Waals surface area contributed by atoms with Gasteiger partial charge in [0.25, 0.3) is 6.43 Å². The molecule has 17 heavy (non-hydrogen) atoms. The van der Waals surface area contributed by atoms with Crippen LogP contribution in [0, 0.1) is 0 Å². The Morgan fingerprint density at radius 3 is 2.76 bits per heavy atom. The summed E-state index contributed by atoms with van der Waals surface area (Å²) in [5, 5.41) is 3.73. The standard InChI is InChI=1S/C13H14F2NO/c14-13(15)11-5-3-4-10(8-11)9-16-17-12-6-1-2-7-12/h3-5,8,12-13H,1-2,6-7H2. The molecule has 0 atom stereocenters. The van der Waals surface area contributed by atoms with Crippen molar-refractivity contribution in [3.05, 3.63) is 35.4 Å². The minimum Gasteiger partial charge on any atom is -0.392 e. The predicted molar refractivity (Wildman–Crippen MR) is 61.3 cm³/mol. The van der Waals surface area contributed by atoms with Crippen molar-refractivity contribution in [3.63, 3.8) is 0 Å². The zero-order chi connectivity index (χ0) is 12.1. The van der Waals surface area contributed by atoms with E-state index in [-0.39, 0.29) is 11.7 Å². The first-order chi connectivity index (χ1) is 8.25. The molecule has 4 heteroatoms. The van der Waals surface area contributed by atoms with E-state index in [2.05, 4.69) is 11.4 Å². The van der Waals surface area contributed by atoms with Crippen molar-refractivity contribution in [2.45, 2.75) is 38.2 Å². The maximum atomic E-state index is 12.4. The van der Waals surface area contributed by atoms with Gasteiger partial charge in [0.15, 0.2) is 0 Å². The number of hydrogen-bond acceptors (Lipinski definition) is 2. The summed E-state index contributed by atoms with van der Waals surface area (Å²) in [5.74, 6) is 0. The Morgan fingerprint density at radius 2 is 2.06 bits per heavy atom. The van der Waals surface area contributed by atoms with E-state index in [0.29, 0.717) is 5.56 Å². The molecule has 0 unspecified atom stereocenters. The molecule has 1 aromatic carbocycles. The molecule has 0 aromatic heterocycles. The van der Waals surface area contributed by atoms with Gasteiger partial charge in [-0.25, -0.2) is 8.78 Å². The Labute approximate surface area is 99.3 Å². The molecule has 0 bridgehead atoms. The third-order valence-corrected chi connectivity index (χ3v) is 2.82. The second kappa shape index (κ2) is 5.75. The van der Waals surface area contributed by atoms with Crippen LogP contribution >= 0.6 is 0 Å². The number of nitrogens with zero attached hydrogens (tertiary/aromatic N) is 1. The van der Waals surface area contributed by atoms with Gasteiger partial charge < -0.3 is 4.84 Å². The van der Waals surface area contributed by atoms with Crippen LogP contribution in [0.2, 0.25) is 0 Å². The summed E-state index contributed by atoms with van der Waals surface area (Å²) in [4.78, 5) is 5.23. The van der Waals surface area contributed by atoms with Crippen molar-refractivity contribution < 1.29 is 13.6 Å². The molecule has 91 valence electrons. The third kappa shape index (κ3) is 3.51. The van der Waals surface area contributed by atoms with Gasteiger partial charge in [0, 0.05) is 11.1 Å². The fourth-order valence-electron chi connectivity index (χ4n) is 1.89. The molecule has 0 spiro atoms. The van der Waals surface area contributed by atoms with E-state index in [4.69, 9.17) is 4.84 Å². The van der Waals surface area contributed by atoms with Crippen LogP contribution in [-0.4, -0.2) is 12.3 Å². The van der Waals surface area contributed by atoms with E-state index >= 15 is 0 Å². The monoisotopic (exact) mass is 238 g/mol. The Bertz CT molecular complexity index is 387. The zero-order valence-electron chi connectivity index (χ0n) is 9.40. The van der Waals surface area contributed by atoms with E-state index in [0.717, 1.165) is 12.8 Å². The van der Waals surface area contributed by atoms with Crippen LogP contribution < -0.4 is 0 Å². The van der Waals surface area contributed by atoms with E-state index in [1.54, 1.807) is 12.1 Å². The highest BCUT2D eigenvalue weighted by Crippen LogP contribution is 2.21. The molecule has 0 N–H and O–H groups in total. The van der Waals surface area contributed by atoms with Crippen molar-refractivity contribution >= 4 is 6.21 Å². The molecular weight excluding hydrogens is 224 g/mol. The Kier molecular flexibility index (Phi) is 4.07. The van der Waals surface area contributed by atoms with Crippen molar-refractivity contribution in [2.24, 2.45) is 5.16 Å². The summed E-state index contributed by atoms with van der Waals surface area (Å²) >= 11 is 0. The highest BCUT2D eigenvalue weighted by molar-refractivity contribution is 5.79. The summed E-state index contributed by atoms with van der Waals surface area (Å²) in [6.07, 6.45) is 4.71. The average molecular weight is 238 g/mol. The fourth-order valence-corrected chi connectivity index (χ4v) is 1.89. The molecule has 1 fully saturated rings. The van der Waals surface area contributed by atoms with Gasteiger partial charge in [-0.1, -0.05) is 23.4 Å². The van der Waals surface area contributed by atoms with E-state index in [1.807, 2.05) is 0 Å². The van der Waals surface area contributed by atoms with Crippen molar-refractivity contribution in [2.75, 3.05) is 0 Å². The van der Waals surface area contributed by atoms with E-state index in [9.17, 15) is 8.78 Å². The zero-order valence-corrected chi connectivity index (χ0v) is 9.40. The molecule has 1 aliphatic rings. The van der Waals surface area contributed by atoms with Gasteiger partial charge in [-0.15, -0.1) is 0 Å². The summed E-state index contributed by atoms with van der Waals surface area (Å²) in [5.41, 5.74) is 0.492. The normalized spacial score (nSPS) is 17.1. The van der Waals surface area contributed by atoms with Gasteiger partial charge in [-0.2, -0.15) is 0 Å². The lowest BCUT2D eigenvalue weighted by Gasteiger charge is -2.05. The molecule has 1 saturated carbocycles. The van der Waals surface area contributed by atoms with Crippen LogP contribution in [0.15, 0.2) is 29.4 Å². The van der Waals surface area contributed by atoms with Crippen LogP contribution in [0.1, 0.15) is 43.2 Å². The van der Waals surface area contributed by atoms with Crippen LogP contribution in [0.4, 0.5) is 8.78 Å². The smallest absolute Gasteiger partial charge is 0.263 e. The van der Waals surface area contributed by atoms with Crippen molar-refractivity contribution in [1.29, 1.82) is 0 Å². The van der Waals surface area contributed by atoms with Gasteiger partial charge in [0.1, 0.15) is 12.3 Å². The van der Waals surface area contributed by atoms with Crippen LogP contribution in [0.5, 0.6) is 0 Å². The molecule has 0 saturated heterocycles. The summed E-state index contributed by atoms with van der Waals surface area (Å²) < 4.78 is 24.9. The van der Waals surface area contributed by atoms with Crippen LogP contribution in [0.3, 0.4) is 0 Å². The summed E-state index contributed by atoms with van der Waals surface area (Å²) in [6, 6.07) is 5.99. The first-order valence-electron chi connectivity index (χ1n) is 5.75. The second-order valence-electron chi connectivity index (χ2n) is 4.14. The Balaban J connectivity index is 1.93. The van der Waals surface area contributed by atoms with Gasteiger partial charge >= 0.3 is 0 Å². The fraction of sp³-hybridized carbons (Fsp3) is 0.462. The number of alkyl halides is 2. The van der Waals surface area contributed by atoms with E-state index < -0.39 is 6.43 Å². The lowest BCUT2D eigenvalue weighted by Crippen LogP contribution is -2.02. The number of halogens is 2.